The maximum atomic E-state index is 5.00. The lowest BCUT2D eigenvalue weighted by Crippen LogP contribution is -2.24. The first-order valence-corrected chi connectivity index (χ1v) is 8.73. The van der Waals surface area contributed by atoms with Crippen molar-refractivity contribution in [3.63, 3.8) is 0 Å². The van der Waals surface area contributed by atoms with Crippen LogP contribution in [0.15, 0.2) is 89.9 Å². The lowest BCUT2D eigenvalue weighted by atomic mass is 10.0. The summed E-state index contributed by atoms with van der Waals surface area (Å²) in [5.41, 5.74) is 4.58. The van der Waals surface area contributed by atoms with E-state index in [1.54, 1.807) is 4.68 Å². The maximum absolute atomic E-state index is 5.00. The Kier molecular flexibility index (Phi) is 3.72. The van der Waals surface area contributed by atoms with E-state index in [4.69, 9.17) is 4.99 Å². The smallest absolute Gasteiger partial charge is 0.185 e. The fourth-order valence-electron chi connectivity index (χ4n) is 3.27. The van der Waals surface area contributed by atoms with E-state index in [1.807, 2.05) is 72.8 Å². The molecule has 0 radical (unpaired) electrons. The van der Waals surface area contributed by atoms with E-state index < -0.39 is 0 Å². The third-order valence-electron chi connectivity index (χ3n) is 4.53. The van der Waals surface area contributed by atoms with Crippen molar-refractivity contribution < 1.29 is 0 Å². The highest BCUT2D eigenvalue weighted by molar-refractivity contribution is 6.08. The minimum Gasteiger partial charge on any atom is -0.370 e. The van der Waals surface area contributed by atoms with E-state index >= 15 is 0 Å². The third-order valence-corrected chi connectivity index (χ3v) is 4.53. The highest BCUT2D eigenvalue weighted by Gasteiger charge is 2.30. The summed E-state index contributed by atoms with van der Waals surface area (Å²) in [4.78, 5) is 5.00. The molecule has 2 heterocycles. The van der Waals surface area contributed by atoms with Gasteiger partial charge < -0.3 is 5.32 Å². The molecule has 27 heavy (non-hydrogen) atoms. The number of hydrogen-bond donors (Lipinski definition) is 1. The minimum absolute atomic E-state index is 0.294. The average Bonchev–Trinajstić information content (AvgIpc) is 3.17. The summed E-state index contributed by atoms with van der Waals surface area (Å²) in [5.74, 6) is 0.700. The molecule has 130 valence electrons. The minimum atomic E-state index is -0.294. The van der Waals surface area contributed by atoms with E-state index in [2.05, 4.69) is 33.0 Å². The highest BCUT2D eigenvalue weighted by Crippen LogP contribution is 2.33. The Balaban J connectivity index is 1.73. The molecule has 1 aliphatic heterocycles. The molecular weight excluding hydrogens is 336 g/mol. The SMILES string of the molecule is c1ccc(NC2C(c3ccccc3)=Nc3ccccc3-n3nnnc32)cc1. The Morgan fingerprint density at radius 1 is 0.778 bits per heavy atom. The molecule has 1 atom stereocenters. The second kappa shape index (κ2) is 6.49. The molecule has 5 rings (SSSR count). The standard InChI is InChI=1S/C21H16N6/c1-3-9-15(10-4-1)19-20(22-16-11-5-2-6-12-16)21-24-25-26-27(21)18-14-8-7-13-17(18)23-19/h1-14,20,22H. The Labute approximate surface area is 156 Å². The summed E-state index contributed by atoms with van der Waals surface area (Å²) in [6.07, 6.45) is 0. The van der Waals surface area contributed by atoms with Crippen molar-refractivity contribution in [3.8, 4) is 5.69 Å². The molecule has 0 saturated carbocycles. The van der Waals surface area contributed by atoms with Crippen LogP contribution >= 0.6 is 0 Å². The molecule has 6 heteroatoms. The van der Waals surface area contributed by atoms with Crippen molar-refractivity contribution in [1.82, 2.24) is 20.2 Å². The number of aromatic nitrogens is 4. The molecule has 0 amide bonds. The summed E-state index contributed by atoms with van der Waals surface area (Å²) in [6, 6.07) is 27.8. The van der Waals surface area contributed by atoms with Gasteiger partial charge >= 0.3 is 0 Å². The van der Waals surface area contributed by atoms with Crippen molar-refractivity contribution in [2.75, 3.05) is 5.32 Å². The summed E-state index contributed by atoms with van der Waals surface area (Å²) < 4.78 is 1.76. The van der Waals surface area contributed by atoms with Crippen LogP contribution in [0.2, 0.25) is 0 Å². The van der Waals surface area contributed by atoms with Crippen LogP contribution in [0.5, 0.6) is 0 Å². The van der Waals surface area contributed by atoms with Crippen molar-refractivity contribution in [2.24, 2.45) is 4.99 Å². The molecular formula is C21H16N6. The molecule has 1 unspecified atom stereocenters. The molecule has 1 N–H and O–H groups in total. The molecule has 0 fully saturated rings. The predicted octanol–water partition coefficient (Wildman–Crippen LogP) is 3.95. The first kappa shape index (κ1) is 15.5. The van der Waals surface area contributed by atoms with Crippen LogP contribution in [0, 0.1) is 0 Å². The number of anilines is 1. The van der Waals surface area contributed by atoms with Gasteiger partial charge in [0.15, 0.2) is 5.82 Å². The number of fused-ring (bicyclic) bond motifs is 3. The van der Waals surface area contributed by atoms with Gasteiger partial charge in [0.1, 0.15) is 6.04 Å². The Bertz CT molecular complexity index is 1100. The Morgan fingerprint density at radius 3 is 2.30 bits per heavy atom. The maximum Gasteiger partial charge on any atom is 0.185 e. The number of para-hydroxylation sites is 3. The lowest BCUT2D eigenvalue weighted by Gasteiger charge is -2.19. The number of hydrogen-bond acceptors (Lipinski definition) is 5. The monoisotopic (exact) mass is 352 g/mol. The van der Waals surface area contributed by atoms with Gasteiger partial charge in [-0.2, -0.15) is 4.68 Å². The molecule has 1 aliphatic rings. The summed E-state index contributed by atoms with van der Waals surface area (Å²) in [5, 5.41) is 16.0. The lowest BCUT2D eigenvalue weighted by molar-refractivity contribution is 0.763. The zero-order chi connectivity index (χ0) is 18.1. The fourth-order valence-corrected chi connectivity index (χ4v) is 3.27. The Hall–Kier alpha value is -3.80. The van der Waals surface area contributed by atoms with E-state index in [0.29, 0.717) is 5.82 Å². The van der Waals surface area contributed by atoms with Gasteiger partial charge in [-0.05, 0) is 40.3 Å². The van der Waals surface area contributed by atoms with Crippen molar-refractivity contribution in [2.45, 2.75) is 6.04 Å². The van der Waals surface area contributed by atoms with Gasteiger partial charge in [-0.1, -0.05) is 60.7 Å². The van der Waals surface area contributed by atoms with Crippen LogP contribution < -0.4 is 5.32 Å². The fraction of sp³-hybridized carbons (Fsp3) is 0.0476. The van der Waals surface area contributed by atoms with Crippen molar-refractivity contribution in [1.29, 1.82) is 0 Å². The van der Waals surface area contributed by atoms with Gasteiger partial charge in [0.25, 0.3) is 0 Å². The van der Waals surface area contributed by atoms with Gasteiger partial charge in [0.05, 0.1) is 17.1 Å². The van der Waals surface area contributed by atoms with Crippen molar-refractivity contribution in [3.05, 3.63) is 96.3 Å². The van der Waals surface area contributed by atoms with Crippen LogP contribution in [-0.4, -0.2) is 25.9 Å². The van der Waals surface area contributed by atoms with Crippen LogP contribution in [0.1, 0.15) is 17.4 Å². The third kappa shape index (κ3) is 2.77. The van der Waals surface area contributed by atoms with Crippen LogP contribution in [0.3, 0.4) is 0 Å². The first-order valence-electron chi connectivity index (χ1n) is 8.73. The molecule has 4 aromatic rings. The first-order chi connectivity index (χ1) is 13.4. The van der Waals surface area contributed by atoms with Crippen molar-refractivity contribution >= 4 is 17.1 Å². The predicted molar refractivity (Wildman–Crippen MR) is 105 cm³/mol. The number of rotatable bonds is 3. The van der Waals surface area contributed by atoms with Gasteiger partial charge in [0.2, 0.25) is 0 Å². The largest absolute Gasteiger partial charge is 0.370 e. The number of tetrazole rings is 1. The summed E-state index contributed by atoms with van der Waals surface area (Å²) in [6.45, 7) is 0. The zero-order valence-electron chi connectivity index (χ0n) is 14.4. The molecule has 0 saturated heterocycles. The number of nitrogens with one attached hydrogen (secondary N) is 1. The number of nitrogens with zero attached hydrogens (tertiary/aromatic N) is 5. The number of benzene rings is 3. The molecule has 0 aliphatic carbocycles. The highest BCUT2D eigenvalue weighted by atomic mass is 15.6. The van der Waals surface area contributed by atoms with E-state index in [-0.39, 0.29) is 6.04 Å². The van der Waals surface area contributed by atoms with Gasteiger partial charge in [-0.25, -0.2) is 4.99 Å². The second-order valence-electron chi connectivity index (χ2n) is 6.24. The summed E-state index contributed by atoms with van der Waals surface area (Å²) >= 11 is 0. The normalized spacial score (nSPS) is 15.3. The van der Waals surface area contributed by atoms with Crippen LogP contribution in [0.25, 0.3) is 5.69 Å². The number of aliphatic imine (C=N–C) groups is 1. The topological polar surface area (TPSA) is 68.0 Å². The van der Waals surface area contributed by atoms with E-state index in [1.165, 1.54) is 0 Å². The van der Waals surface area contributed by atoms with Gasteiger partial charge in [-0.15, -0.1) is 5.10 Å². The molecule has 3 aromatic carbocycles. The van der Waals surface area contributed by atoms with Crippen LogP contribution in [0.4, 0.5) is 11.4 Å². The van der Waals surface area contributed by atoms with E-state index in [9.17, 15) is 0 Å². The molecule has 0 spiro atoms. The molecule has 6 nitrogen and oxygen atoms in total. The molecule has 1 aromatic heterocycles. The zero-order valence-corrected chi connectivity index (χ0v) is 14.4. The van der Waals surface area contributed by atoms with Gasteiger partial charge in [-0.3, -0.25) is 0 Å². The summed E-state index contributed by atoms with van der Waals surface area (Å²) in [7, 11) is 0. The molecule has 0 bridgehead atoms. The quantitative estimate of drug-likeness (QED) is 0.606. The average molecular weight is 352 g/mol. The van der Waals surface area contributed by atoms with Gasteiger partial charge in [0, 0.05) is 5.69 Å². The van der Waals surface area contributed by atoms with E-state index in [0.717, 1.165) is 28.3 Å². The second-order valence-corrected chi connectivity index (χ2v) is 6.24. The Morgan fingerprint density at radius 2 is 1.48 bits per heavy atom. The van der Waals surface area contributed by atoms with Crippen LogP contribution in [-0.2, 0) is 0 Å².